The third kappa shape index (κ3) is 10.2. The van der Waals surface area contributed by atoms with Crippen molar-refractivity contribution in [2.75, 3.05) is 57.8 Å². The lowest BCUT2D eigenvalue weighted by molar-refractivity contribution is -0.114. The molecule has 1 aromatic carbocycles. The van der Waals surface area contributed by atoms with Gasteiger partial charge in [-0.05, 0) is 37.5 Å². The Labute approximate surface area is 185 Å². The van der Waals surface area contributed by atoms with Gasteiger partial charge in [-0.15, -0.1) is 24.0 Å². The van der Waals surface area contributed by atoms with E-state index in [-0.39, 0.29) is 29.9 Å². The van der Waals surface area contributed by atoms with Crippen molar-refractivity contribution < 1.29 is 9.53 Å². The van der Waals surface area contributed by atoms with Crippen molar-refractivity contribution in [2.24, 2.45) is 4.99 Å². The van der Waals surface area contributed by atoms with Gasteiger partial charge in [0.25, 0.3) is 0 Å². The molecule has 8 heteroatoms. The summed E-state index contributed by atoms with van der Waals surface area (Å²) in [5, 5.41) is 9.47. The van der Waals surface area contributed by atoms with Crippen LogP contribution in [0.5, 0.6) is 0 Å². The first kappa shape index (κ1) is 24.6. The number of carbonyl (C=O) groups is 1. The number of rotatable bonds is 9. The first-order chi connectivity index (χ1) is 13.2. The molecule has 2 rings (SSSR count). The Morgan fingerprint density at radius 1 is 1.18 bits per heavy atom. The highest BCUT2D eigenvalue weighted by Crippen LogP contribution is 2.09. The van der Waals surface area contributed by atoms with Crippen LogP contribution >= 0.6 is 24.0 Å². The van der Waals surface area contributed by atoms with Gasteiger partial charge in [-0.2, -0.15) is 0 Å². The van der Waals surface area contributed by atoms with Crippen LogP contribution in [0.15, 0.2) is 29.3 Å². The van der Waals surface area contributed by atoms with Gasteiger partial charge in [0.2, 0.25) is 5.91 Å². The molecule has 1 saturated heterocycles. The second kappa shape index (κ2) is 14.6. The summed E-state index contributed by atoms with van der Waals surface area (Å²) in [5.41, 5.74) is 2.05. The van der Waals surface area contributed by atoms with Gasteiger partial charge in [-0.25, -0.2) is 0 Å². The maximum atomic E-state index is 11.1. The molecule has 0 aromatic heterocycles. The smallest absolute Gasteiger partial charge is 0.221 e. The molecule has 1 aliphatic rings. The van der Waals surface area contributed by atoms with Crippen molar-refractivity contribution in [3.05, 3.63) is 29.8 Å². The molecule has 1 heterocycles. The number of nitrogens with one attached hydrogen (secondary N) is 3. The van der Waals surface area contributed by atoms with Crippen molar-refractivity contribution >= 4 is 41.5 Å². The summed E-state index contributed by atoms with van der Waals surface area (Å²) in [6, 6.07) is 7.95. The van der Waals surface area contributed by atoms with E-state index >= 15 is 0 Å². The lowest BCUT2D eigenvalue weighted by atomic mass is 10.1. The first-order valence-electron chi connectivity index (χ1n) is 9.86. The Bertz CT molecular complexity index is 589. The minimum atomic E-state index is -0.0514. The highest BCUT2D eigenvalue weighted by Gasteiger charge is 2.09. The number of benzene rings is 1. The Hall–Kier alpha value is -1.39. The minimum Gasteiger partial charge on any atom is -0.379 e. The van der Waals surface area contributed by atoms with E-state index in [0.29, 0.717) is 0 Å². The zero-order valence-electron chi connectivity index (χ0n) is 17.0. The van der Waals surface area contributed by atoms with Gasteiger partial charge in [0.1, 0.15) is 0 Å². The molecule has 0 radical (unpaired) electrons. The zero-order valence-corrected chi connectivity index (χ0v) is 19.3. The first-order valence-corrected chi connectivity index (χ1v) is 9.86. The Morgan fingerprint density at radius 2 is 1.89 bits per heavy atom. The molecule has 158 valence electrons. The summed E-state index contributed by atoms with van der Waals surface area (Å²) >= 11 is 0. The number of anilines is 1. The Morgan fingerprint density at radius 3 is 2.54 bits per heavy atom. The van der Waals surface area contributed by atoms with Crippen LogP contribution < -0.4 is 16.0 Å². The fourth-order valence-electron chi connectivity index (χ4n) is 2.93. The molecule has 0 saturated carbocycles. The third-order valence-electron chi connectivity index (χ3n) is 4.33. The summed E-state index contributed by atoms with van der Waals surface area (Å²) in [4.78, 5) is 18.2. The van der Waals surface area contributed by atoms with E-state index < -0.39 is 0 Å². The predicted molar refractivity (Wildman–Crippen MR) is 126 cm³/mol. The number of morpholine rings is 1. The third-order valence-corrected chi connectivity index (χ3v) is 4.33. The molecular weight excluding hydrogens is 469 g/mol. The Kier molecular flexibility index (Phi) is 12.8. The molecule has 7 nitrogen and oxygen atoms in total. The van der Waals surface area contributed by atoms with Crippen LogP contribution in [0.4, 0.5) is 5.69 Å². The number of ether oxygens (including phenoxy) is 1. The van der Waals surface area contributed by atoms with E-state index in [9.17, 15) is 4.79 Å². The standard InChI is InChI=1S/C20H33N5O2.HI/c1-3-21-20(22-10-4-12-25-13-15-27-16-14-25)23-11-9-18-5-7-19(8-6-18)24-17(2)26;/h5-8H,3-4,9-16H2,1-2H3,(H,24,26)(H2,21,22,23);1H. The minimum absolute atomic E-state index is 0. The fourth-order valence-corrected chi connectivity index (χ4v) is 2.93. The van der Waals surface area contributed by atoms with Gasteiger partial charge in [0.05, 0.1) is 13.2 Å². The number of hydrogen-bond donors (Lipinski definition) is 3. The van der Waals surface area contributed by atoms with Gasteiger partial charge in [0.15, 0.2) is 5.96 Å². The molecule has 28 heavy (non-hydrogen) atoms. The van der Waals surface area contributed by atoms with Crippen molar-refractivity contribution in [2.45, 2.75) is 26.7 Å². The van der Waals surface area contributed by atoms with Crippen LogP contribution in [-0.4, -0.2) is 69.2 Å². The summed E-state index contributed by atoms with van der Waals surface area (Å²) in [5.74, 6) is 0.818. The van der Waals surface area contributed by atoms with Gasteiger partial charge in [-0.1, -0.05) is 12.1 Å². The fraction of sp³-hybridized carbons (Fsp3) is 0.600. The quantitative estimate of drug-likeness (QED) is 0.208. The molecule has 3 N–H and O–H groups in total. The maximum absolute atomic E-state index is 11.1. The van der Waals surface area contributed by atoms with Crippen molar-refractivity contribution in [1.29, 1.82) is 0 Å². The molecule has 1 aliphatic heterocycles. The number of guanidine groups is 1. The lowest BCUT2D eigenvalue weighted by Gasteiger charge is -2.26. The molecule has 1 fully saturated rings. The van der Waals surface area contributed by atoms with Crippen molar-refractivity contribution in [3.63, 3.8) is 0 Å². The average Bonchev–Trinajstić information content (AvgIpc) is 2.67. The zero-order chi connectivity index (χ0) is 19.3. The van der Waals surface area contributed by atoms with Crippen LogP contribution in [0.25, 0.3) is 0 Å². The monoisotopic (exact) mass is 503 g/mol. The van der Waals surface area contributed by atoms with Crippen LogP contribution in [0.3, 0.4) is 0 Å². The molecular formula is C20H34IN5O2. The Balaban J connectivity index is 0.00000392. The molecule has 1 aromatic rings. The van der Waals surface area contributed by atoms with Gasteiger partial charge in [0, 0.05) is 51.9 Å². The number of hydrogen-bond acceptors (Lipinski definition) is 4. The molecule has 0 atom stereocenters. The highest BCUT2D eigenvalue weighted by atomic mass is 127. The van der Waals surface area contributed by atoms with Gasteiger partial charge >= 0.3 is 0 Å². The van der Waals surface area contributed by atoms with Crippen LogP contribution in [0, 0.1) is 0 Å². The van der Waals surface area contributed by atoms with Crippen LogP contribution in [0.1, 0.15) is 25.8 Å². The number of carbonyl (C=O) groups excluding carboxylic acids is 1. The summed E-state index contributed by atoms with van der Waals surface area (Å²) in [7, 11) is 0. The maximum Gasteiger partial charge on any atom is 0.221 e. The molecule has 1 amide bonds. The topological polar surface area (TPSA) is 78.0 Å². The van der Waals surface area contributed by atoms with Crippen LogP contribution in [-0.2, 0) is 16.0 Å². The van der Waals surface area contributed by atoms with Gasteiger partial charge < -0.3 is 20.7 Å². The SMILES string of the molecule is CCNC(=NCCCN1CCOCC1)NCCc1ccc(NC(C)=O)cc1.I. The molecule has 0 aliphatic carbocycles. The van der Waals surface area contributed by atoms with E-state index in [2.05, 4.69) is 32.8 Å². The number of nitrogens with zero attached hydrogens (tertiary/aromatic N) is 2. The lowest BCUT2D eigenvalue weighted by Crippen LogP contribution is -2.39. The summed E-state index contributed by atoms with van der Waals surface area (Å²) in [6.45, 7) is 10.9. The van der Waals surface area contributed by atoms with E-state index in [1.165, 1.54) is 12.5 Å². The molecule has 0 bridgehead atoms. The van der Waals surface area contributed by atoms with Crippen LogP contribution in [0.2, 0.25) is 0 Å². The normalized spacial score (nSPS) is 14.9. The summed E-state index contributed by atoms with van der Waals surface area (Å²) in [6.07, 6.45) is 1.96. The average molecular weight is 503 g/mol. The second-order valence-electron chi connectivity index (χ2n) is 6.62. The summed E-state index contributed by atoms with van der Waals surface area (Å²) < 4.78 is 5.37. The van der Waals surface area contributed by atoms with Gasteiger partial charge in [-0.3, -0.25) is 14.7 Å². The van der Waals surface area contributed by atoms with E-state index in [0.717, 1.165) is 77.0 Å². The van der Waals surface area contributed by atoms with Crippen molar-refractivity contribution in [3.8, 4) is 0 Å². The van der Waals surface area contributed by atoms with E-state index in [1.54, 1.807) is 0 Å². The largest absolute Gasteiger partial charge is 0.379 e. The molecule has 0 unspecified atom stereocenters. The number of aliphatic imine (C=N–C) groups is 1. The highest BCUT2D eigenvalue weighted by molar-refractivity contribution is 14.0. The van der Waals surface area contributed by atoms with E-state index in [4.69, 9.17) is 4.74 Å². The number of amides is 1. The second-order valence-corrected chi connectivity index (χ2v) is 6.62. The number of halogens is 1. The molecule has 0 spiro atoms. The van der Waals surface area contributed by atoms with Crippen molar-refractivity contribution in [1.82, 2.24) is 15.5 Å². The van der Waals surface area contributed by atoms with E-state index in [1.807, 2.05) is 24.3 Å². The predicted octanol–water partition coefficient (Wildman–Crippen LogP) is 2.08.